The van der Waals surface area contributed by atoms with Gasteiger partial charge in [0.1, 0.15) is 5.69 Å². The van der Waals surface area contributed by atoms with Gasteiger partial charge < -0.3 is 9.47 Å². The molecule has 0 N–H and O–H groups in total. The number of aromatic nitrogens is 3. The Kier molecular flexibility index (Phi) is 7.16. The molecule has 1 rings (SSSR count). The first kappa shape index (κ1) is 14.4. The lowest BCUT2D eigenvalue weighted by atomic mass is 10.2. The van der Waals surface area contributed by atoms with Crippen LogP contribution in [0.1, 0.15) is 24.7 Å². The van der Waals surface area contributed by atoms with Crippen LogP contribution in [0.2, 0.25) is 0 Å². The first-order valence-electron chi connectivity index (χ1n) is 5.87. The fourth-order valence-electron chi connectivity index (χ4n) is 1.58. The van der Waals surface area contributed by atoms with Crippen molar-refractivity contribution in [3.05, 3.63) is 11.4 Å². The van der Waals surface area contributed by atoms with Crippen LogP contribution in [0.25, 0.3) is 0 Å². The van der Waals surface area contributed by atoms with Crippen LogP contribution < -0.4 is 0 Å². The van der Waals surface area contributed by atoms with E-state index < -0.39 is 0 Å². The molecule has 0 unspecified atom stereocenters. The average molecular weight is 262 g/mol. The Bertz CT molecular complexity index is 318. The summed E-state index contributed by atoms with van der Waals surface area (Å²) in [5.41, 5.74) is 1.92. The van der Waals surface area contributed by atoms with Gasteiger partial charge in [0, 0.05) is 33.3 Å². The predicted octanol–water partition coefficient (Wildman–Crippen LogP) is 1.63. The first-order valence-corrected chi connectivity index (χ1v) is 6.40. The molecule has 0 saturated heterocycles. The molecule has 98 valence electrons. The Balaban J connectivity index is 2.53. The summed E-state index contributed by atoms with van der Waals surface area (Å²) in [4.78, 5) is 0. The highest BCUT2D eigenvalue weighted by Gasteiger charge is 2.11. The Labute approximate surface area is 107 Å². The van der Waals surface area contributed by atoms with Crippen LogP contribution in [-0.2, 0) is 28.3 Å². The van der Waals surface area contributed by atoms with Gasteiger partial charge in [-0.2, -0.15) is 0 Å². The van der Waals surface area contributed by atoms with Crippen LogP contribution in [0.15, 0.2) is 0 Å². The Morgan fingerprint density at radius 3 is 2.82 bits per heavy atom. The van der Waals surface area contributed by atoms with Gasteiger partial charge in [-0.15, -0.1) is 16.7 Å². The van der Waals surface area contributed by atoms with E-state index in [-0.39, 0.29) is 0 Å². The predicted molar refractivity (Wildman–Crippen MR) is 66.3 cm³/mol. The number of nitrogens with zero attached hydrogens (tertiary/aromatic N) is 3. The molecule has 5 nitrogen and oxygen atoms in total. The summed E-state index contributed by atoms with van der Waals surface area (Å²) < 4.78 is 12.3. The van der Waals surface area contributed by atoms with Gasteiger partial charge >= 0.3 is 0 Å². The third-order valence-electron chi connectivity index (χ3n) is 2.45. The van der Waals surface area contributed by atoms with Crippen LogP contribution >= 0.6 is 11.6 Å². The van der Waals surface area contributed by atoms with Crippen molar-refractivity contribution in [1.82, 2.24) is 15.0 Å². The number of alkyl halides is 1. The van der Waals surface area contributed by atoms with Crippen LogP contribution in [0.3, 0.4) is 0 Å². The lowest BCUT2D eigenvalue weighted by Gasteiger charge is -2.07. The maximum absolute atomic E-state index is 5.83. The SMILES string of the molecule is CCOCCCn1nnc(CCl)c1CCOC. The molecule has 1 aromatic rings. The molecule has 0 bridgehead atoms. The molecule has 0 atom stereocenters. The highest BCUT2D eigenvalue weighted by atomic mass is 35.5. The second-order valence-electron chi connectivity index (χ2n) is 3.63. The molecule has 0 aliphatic carbocycles. The van der Waals surface area contributed by atoms with E-state index in [1.54, 1.807) is 7.11 Å². The van der Waals surface area contributed by atoms with Gasteiger partial charge in [-0.05, 0) is 13.3 Å². The summed E-state index contributed by atoms with van der Waals surface area (Å²) in [7, 11) is 1.68. The zero-order valence-electron chi connectivity index (χ0n) is 10.5. The summed E-state index contributed by atoms with van der Waals surface area (Å²) in [5, 5.41) is 8.18. The zero-order valence-corrected chi connectivity index (χ0v) is 11.2. The molecule has 0 radical (unpaired) electrons. The van der Waals surface area contributed by atoms with Crippen LogP contribution in [-0.4, -0.2) is 41.9 Å². The normalized spacial score (nSPS) is 11.0. The van der Waals surface area contributed by atoms with Gasteiger partial charge in [0.2, 0.25) is 0 Å². The quantitative estimate of drug-likeness (QED) is 0.501. The van der Waals surface area contributed by atoms with Gasteiger partial charge in [-0.25, -0.2) is 4.68 Å². The molecular formula is C11H20ClN3O2. The van der Waals surface area contributed by atoms with E-state index in [4.69, 9.17) is 21.1 Å². The topological polar surface area (TPSA) is 49.2 Å². The standard InChI is InChI=1S/C11H20ClN3O2/c1-3-17-7-4-6-15-11(5-8-16-2)10(9-12)13-14-15/h3-9H2,1-2H3. The largest absolute Gasteiger partial charge is 0.384 e. The van der Waals surface area contributed by atoms with E-state index >= 15 is 0 Å². The summed E-state index contributed by atoms with van der Waals surface area (Å²) in [6, 6.07) is 0. The lowest BCUT2D eigenvalue weighted by molar-refractivity contribution is 0.140. The Hall–Kier alpha value is -0.650. The second kappa shape index (κ2) is 8.44. The molecule has 6 heteroatoms. The number of methoxy groups -OCH3 is 1. The number of hydrogen-bond donors (Lipinski definition) is 0. The number of aryl methyl sites for hydroxylation is 1. The Morgan fingerprint density at radius 2 is 2.18 bits per heavy atom. The summed E-state index contributed by atoms with van der Waals surface area (Å²) in [6.07, 6.45) is 1.72. The molecule has 0 spiro atoms. The van der Waals surface area contributed by atoms with Crippen molar-refractivity contribution in [3.8, 4) is 0 Å². The summed E-state index contributed by atoms with van der Waals surface area (Å²) >= 11 is 5.83. The smallest absolute Gasteiger partial charge is 0.101 e. The molecule has 0 aromatic carbocycles. The van der Waals surface area contributed by atoms with Crippen LogP contribution in [0.5, 0.6) is 0 Å². The van der Waals surface area contributed by atoms with Crippen molar-refractivity contribution in [2.24, 2.45) is 0 Å². The summed E-state index contributed by atoms with van der Waals surface area (Å²) in [6.45, 7) is 4.95. The Morgan fingerprint density at radius 1 is 1.35 bits per heavy atom. The molecule has 1 heterocycles. The van der Waals surface area contributed by atoms with Crippen LogP contribution in [0, 0.1) is 0 Å². The van der Waals surface area contributed by atoms with Crippen molar-refractivity contribution in [2.75, 3.05) is 26.9 Å². The fourth-order valence-corrected chi connectivity index (χ4v) is 1.79. The van der Waals surface area contributed by atoms with E-state index in [1.165, 1.54) is 0 Å². The molecular weight excluding hydrogens is 242 g/mol. The minimum atomic E-state index is 0.393. The van der Waals surface area contributed by atoms with Gasteiger partial charge in [0.15, 0.2) is 0 Å². The maximum Gasteiger partial charge on any atom is 0.101 e. The maximum atomic E-state index is 5.83. The number of ether oxygens (including phenoxy) is 2. The van der Waals surface area contributed by atoms with E-state index in [0.29, 0.717) is 12.5 Å². The van der Waals surface area contributed by atoms with Crippen molar-refractivity contribution in [3.63, 3.8) is 0 Å². The zero-order chi connectivity index (χ0) is 12.5. The molecule has 17 heavy (non-hydrogen) atoms. The monoisotopic (exact) mass is 261 g/mol. The van der Waals surface area contributed by atoms with Crippen molar-refractivity contribution < 1.29 is 9.47 Å². The lowest BCUT2D eigenvalue weighted by Crippen LogP contribution is -2.10. The minimum absolute atomic E-state index is 0.393. The van der Waals surface area contributed by atoms with Gasteiger partial charge in [0.05, 0.1) is 18.2 Å². The summed E-state index contributed by atoms with van der Waals surface area (Å²) in [5.74, 6) is 0.393. The van der Waals surface area contributed by atoms with Crippen molar-refractivity contribution in [2.45, 2.75) is 32.2 Å². The van der Waals surface area contributed by atoms with Crippen molar-refractivity contribution in [1.29, 1.82) is 0 Å². The highest BCUT2D eigenvalue weighted by Crippen LogP contribution is 2.10. The minimum Gasteiger partial charge on any atom is -0.384 e. The number of rotatable bonds is 9. The van der Waals surface area contributed by atoms with Crippen molar-refractivity contribution >= 4 is 11.6 Å². The number of hydrogen-bond acceptors (Lipinski definition) is 4. The van der Waals surface area contributed by atoms with Gasteiger partial charge in [0.25, 0.3) is 0 Å². The van der Waals surface area contributed by atoms with E-state index in [2.05, 4.69) is 10.3 Å². The second-order valence-corrected chi connectivity index (χ2v) is 3.90. The van der Waals surface area contributed by atoms with E-state index in [0.717, 1.165) is 44.0 Å². The third kappa shape index (κ3) is 4.61. The molecule has 0 fully saturated rings. The molecule has 0 aliphatic heterocycles. The molecule has 0 amide bonds. The van der Waals surface area contributed by atoms with Crippen LogP contribution in [0.4, 0.5) is 0 Å². The highest BCUT2D eigenvalue weighted by molar-refractivity contribution is 6.16. The van der Waals surface area contributed by atoms with E-state index in [1.807, 2.05) is 11.6 Å². The average Bonchev–Trinajstić information content (AvgIpc) is 2.74. The van der Waals surface area contributed by atoms with Gasteiger partial charge in [-0.1, -0.05) is 5.21 Å². The molecule has 0 saturated carbocycles. The molecule has 0 aliphatic rings. The third-order valence-corrected chi connectivity index (χ3v) is 2.70. The van der Waals surface area contributed by atoms with E-state index in [9.17, 15) is 0 Å². The fraction of sp³-hybridized carbons (Fsp3) is 0.818. The molecule has 1 aromatic heterocycles. The first-order chi connectivity index (χ1) is 8.33. The number of halogens is 1. The van der Waals surface area contributed by atoms with Gasteiger partial charge in [-0.3, -0.25) is 0 Å².